The number of oxazole rings is 1. The van der Waals surface area contributed by atoms with E-state index in [1.165, 1.54) is 12.2 Å². The van der Waals surface area contributed by atoms with Crippen molar-refractivity contribution in [3.05, 3.63) is 78.0 Å². The van der Waals surface area contributed by atoms with Crippen LogP contribution in [0.25, 0.3) is 22.7 Å². The number of pyridine rings is 1. The maximum Gasteiger partial charge on any atom is 0.331 e. The summed E-state index contributed by atoms with van der Waals surface area (Å²) in [7, 11) is 0. The Balaban J connectivity index is 1.46. The molecule has 0 atom stereocenters. The lowest BCUT2D eigenvalue weighted by atomic mass is 10.2. The third kappa shape index (κ3) is 2.94. The normalized spacial score (nSPS) is 11.2. The van der Waals surface area contributed by atoms with Crippen LogP contribution in [-0.4, -0.2) is 15.4 Å². The molecule has 0 saturated heterocycles. The van der Waals surface area contributed by atoms with Crippen molar-refractivity contribution in [1.29, 1.82) is 5.26 Å². The van der Waals surface area contributed by atoms with Gasteiger partial charge in [-0.1, -0.05) is 18.2 Å². The summed E-state index contributed by atoms with van der Waals surface area (Å²) in [6.07, 6.45) is 6.34. The van der Waals surface area contributed by atoms with E-state index in [0.717, 1.165) is 11.0 Å². The van der Waals surface area contributed by atoms with E-state index in [-0.39, 0.29) is 6.61 Å². The van der Waals surface area contributed by atoms with E-state index >= 15 is 0 Å². The van der Waals surface area contributed by atoms with Crippen molar-refractivity contribution in [2.75, 3.05) is 0 Å². The topological polar surface area (TPSA) is 80.5 Å². The number of benzene rings is 1. The molecule has 6 heteroatoms. The predicted molar refractivity (Wildman–Crippen MR) is 95.0 cm³/mol. The van der Waals surface area contributed by atoms with Crippen LogP contribution in [0.4, 0.5) is 0 Å². The number of nitrogens with zero attached hydrogens (tertiary/aromatic N) is 3. The van der Waals surface area contributed by atoms with Crippen LogP contribution in [0.3, 0.4) is 0 Å². The summed E-state index contributed by atoms with van der Waals surface area (Å²) in [5, 5.41) is 9.35. The number of rotatable bonds is 4. The zero-order chi connectivity index (χ0) is 17.9. The van der Waals surface area contributed by atoms with Gasteiger partial charge in [0, 0.05) is 30.1 Å². The van der Waals surface area contributed by atoms with Crippen molar-refractivity contribution < 1.29 is 13.9 Å². The molecule has 0 fully saturated rings. The van der Waals surface area contributed by atoms with E-state index < -0.39 is 5.97 Å². The highest BCUT2D eigenvalue weighted by molar-refractivity contribution is 5.87. The maximum absolute atomic E-state index is 12.0. The first kappa shape index (κ1) is 15.7. The van der Waals surface area contributed by atoms with Crippen LogP contribution in [0, 0.1) is 11.3 Å². The summed E-state index contributed by atoms with van der Waals surface area (Å²) in [5.41, 5.74) is 3.31. The minimum atomic E-state index is -0.536. The molecule has 0 amide bonds. The molecule has 3 heterocycles. The minimum absolute atomic E-state index is 0.0152. The number of esters is 1. The molecule has 0 N–H and O–H groups in total. The Morgan fingerprint density at radius 3 is 2.96 bits per heavy atom. The van der Waals surface area contributed by atoms with Gasteiger partial charge in [-0.15, -0.1) is 0 Å². The summed E-state index contributed by atoms with van der Waals surface area (Å²) in [5.74, 6) is -0.207. The molecule has 0 aliphatic heterocycles. The molecule has 0 bridgehead atoms. The quantitative estimate of drug-likeness (QED) is 0.417. The van der Waals surface area contributed by atoms with Gasteiger partial charge < -0.3 is 13.6 Å². The van der Waals surface area contributed by atoms with Gasteiger partial charge in [-0.2, -0.15) is 5.26 Å². The van der Waals surface area contributed by atoms with Crippen molar-refractivity contribution in [3.8, 4) is 6.07 Å². The van der Waals surface area contributed by atoms with Crippen LogP contribution >= 0.6 is 0 Å². The van der Waals surface area contributed by atoms with Crippen molar-refractivity contribution in [3.63, 3.8) is 0 Å². The summed E-state index contributed by atoms with van der Waals surface area (Å²) in [6.45, 7) is 0.0152. The second-order valence-corrected chi connectivity index (χ2v) is 5.60. The van der Waals surface area contributed by atoms with Crippen LogP contribution in [0.1, 0.15) is 17.0 Å². The Morgan fingerprint density at radius 1 is 1.27 bits per heavy atom. The number of fused-ring (bicyclic) bond motifs is 2. The predicted octanol–water partition coefficient (Wildman–Crippen LogP) is 3.71. The molecular weight excluding hydrogens is 330 g/mol. The van der Waals surface area contributed by atoms with Crippen molar-refractivity contribution in [1.82, 2.24) is 9.38 Å². The van der Waals surface area contributed by atoms with Crippen LogP contribution in [0.15, 0.2) is 65.4 Å². The van der Waals surface area contributed by atoms with Gasteiger partial charge in [-0.25, -0.2) is 9.78 Å². The largest absolute Gasteiger partial charge is 0.458 e. The standard InChI is InChI=1S/C20H13N3O3/c21-11-15-14(12-23-10-4-3-6-17(15)23)13-25-20(24)9-8-19-22-16-5-1-2-7-18(16)26-19/h1-10,12H,13H2/b9-8-. The van der Waals surface area contributed by atoms with Gasteiger partial charge in [0.1, 0.15) is 18.2 Å². The molecule has 1 aromatic carbocycles. The number of hydrogen-bond acceptors (Lipinski definition) is 5. The number of hydrogen-bond donors (Lipinski definition) is 0. The van der Waals surface area contributed by atoms with Gasteiger partial charge in [0.15, 0.2) is 5.58 Å². The van der Waals surface area contributed by atoms with Gasteiger partial charge in [-0.05, 0) is 24.3 Å². The average molecular weight is 343 g/mol. The monoisotopic (exact) mass is 343 g/mol. The molecule has 0 aliphatic carbocycles. The van der Waals surface area contributed by atoms with Gasteiger partial charge in [0.25, 0.3) is 0 Å². The van der Waals surface area contributed by atoms with Crippen LogP contribution in [0.5, 0.6) is 0 Å². The molecule has 26 heavy (non-hydrogen) atoms. The third-order valence-corrected chi connectivity index (χ3v) is 3.92. The number of para-hydroxylation sites is 2. The minimum Gasteiger partial charge on any atom is -0.458 e. The number of nitriles is 1. The van der Waals surface area contributed by atoms with Crippen molar-refractivity contribution in [2.24, 2.45) is 0 Å². The fourth-order valence-electron chi connectivity index (χ4n) is 2.71. The van der Waals surface area contributed by atoms with Gasteiger partial charge in [-0.3, -0.25) is 0 Å². The van der Waals surface area contributed by atoms with Crippen LogP contribution < -0.4 is 0 Å². The SMILES string of the molecule is N#Cc1c(COC(=O)/C=C\c2nc3ccccc3o2)cn2ccccc12. The highest BCUT2D eigenvalue weighted by Crippen LogP contribution is 2.19. The molecule has 126 valence electrons. The molecule has 4 rings (SSSR count). The lowest BCUT2D eigenvalue weighted by Gasteiger charge is -1.99. The zero-order valence-electron chi connectivity index (χ0n) is 13.6. The number of ether oxygens (including phenoxy) is 1. The third-order valence-electron chi connectivity index (χ3n) is 3.92. The highest BCUT2D eigenvalue weighted by Gasteiger charge is 2.11. The second-order valence-electron chi connectivity index (χ2n) is 5.60. The van der Waals surface area contributed by atoms with E-state index in [9.17, 15) is 10.1 Å². The Kier molecular flexibility index (Phi) is 3.96. The number of aromatic nitrogens is 2. The fourth-order valence-corrected chi connectivity index (χ4v) is 2.71. The first-order chi connectivity index (χ1) is 12.7. The molecule has 0 aliphatic rings. The Bertz CT molecular complexity index is 1140. The first-order valence-corrected chi connectivity index (χ1v) is 7.93. The molecule has 0 spiro atoms. The summed E-state index contributed by atoms with van der Waals surface area (Å²) in [6, 6.07) is 15.1. The van der Waals surface area contributed by atoms with E-state index in [2.05, 4.69) is 11.1 Å². The average Bonchev–Trinajstić information content (AvgIpc) is 3.24. The molecular formula is C20H13N3O3. The van der Waals surface area contributed by atoms with Crippen molar-refractivity contribution in [2.45, 2.75) is 6.61 Å². The molecule has 0 unspecified atom stereocenters. The first-order valence-electron chi connectivity index (χ1n) is 7.93. The zero-order valence-corrected chi connectivity index (χ0v) is 13.6. The Labute approximate surface area is 148 Å². The summed E-state index contributed by atoms with van der Waals surface area (Å²) >= 11 is 0. The lowest BCUT2D eigenvalue weighted by molar-refractivity contribution is -0.138. The molecule has 3 aromatic heterocycles. The lowest BCUT2D eigenvalue weighted by Crippen LogP contribution is -2.01. The highest BCUT2D eigenvalue weighted by atomic mass is 16.5. The van der Waals surface area contributed by atoms with Crippen LogP contribution in [0.2, 0.25) is 0 Å². The van der Waals surface area contributed by atoms with Crippen LogP contribution in [-0.2, 0) is 16.1 Å². The second kappa shape index (κ2) is 6.57. The molecule has 4 aromatic rings. The molecule has 6 nitrogen and oxygen atoms in total. The van der Waals surface area contributed by atoms with Gasteiger partial charge in [0.05, 0.1) is 11.1 Å². The number of carbonyl (C=O) groups excluding carboxylic acids is 1. The van der Waals surface area contributed by atoms with Gasteiger partial charge in [0.2, 0.25) is 5.89 Å². The smallest absolute Gasteiger partial charge is 0.331 e. The van der Waals surface area contributed by atoms with Crippen molar-refractivity contribution >= 4 is 28.7 Å². The Hall–Kier alpha value is -3.85. The Morgan fingerprint density at radius 2 is 2.12 bits per heavy atom. The van der Waals surface area contributed by atoms with E-state index in [1.807, 2.05) is 47.0 Å². The number of carbonyl (C=O) groups is 1. The van der Waals surface area contributed by atoms with E-state index in [1.54, 1.807) is 12.3 Å². The maximum atomic E-state index is 12.0. The van der Waals surface area contributed by atoms with E-state index in [4.69, 9.17) is 9.15 Å². The fraction of sp³-hybridized carbons (Fsp3) is 0.0500. The molecule has 0 radical (unpaired) electrons. The summed E-state index contributed by atoms with van der Waals surface area (Å²) < 4.78 is 12.6. The van der Waals surface area contributed by atoms with Gasteiger partial charge >= 0.3 is 5.97 Å². The summed E-state index contributed by atoms with van der Waals surface area (Å²) in [4.78, 5) is 16.2. The van der Waals surface area contributed by atoms with E-state index in [0.29, 0.717) is 22.6 Å². The molecule has 0 saturated carbocycles.